The topological polar surface area (TPSA) is 92.8 Å². The lowest BCUT2D eigenvalue weighted by molar-refractivity contribution is -0.119. The molecule has 0 unspecified atom stereocenters. The Balaban J connectivity index is 1.66. The quantitative estimate of drug-likeness (QED) is 0.464. The van der Waals surface area contributed by atoms with Crippen LogP contribution in [0.2, 0.25) is 0 Å². The maximum Gasteiger partial charge on any atom is 0.338 e. The molecule has 0 bridgehead atoms. The van der Waals surface area contributed by atoms with Gasteiger partial charge in [-0.1, -0.05) is 18.2 Å². The molecular formula is C22H20N2O5. The van der Waals surface area contributed by atoms with Crippen molar-refractivity contribution in [2.45, 2.75) is 13.8 Å². The number of hydrogen-bond acceptors (Lipinski definition) is 5. The van der Waals surface area contributed by atoms with Gasteiger partial charge in [0.2, 0.25) is 0 Å². The number of fused-ring (bicyclic) bond motifs is 1. The summed E-state index contributed by atoms with van der Waals surface area (Å²) >= 11 is 0. The summed E-state index contributed by atoms with van der Waals surface area (Å²) in [5.41, 5.74) is 2.97. The van der Waals surface area contributed by atoms with Crippen LogP contribution in [-0.2, 0) is 9.53 Å². The van der Waals surface area contributed by atoms with Crippen molar-refractivity contribution in [1.82, 2.24) is 4.90 Å². The minimum atomic E-state index is -0.758. The van der Waals surface area contributed by atoms with E-state index in [-0.39, 0.29) is 23.2 Å². The molecule has 1 N–H and O–H groups in total. The molecule has 148 valence electrons. The van der Waals surface area contributed by atoms with Gasteiger partial charge in [-0.3, -0.25) is 19.3 Å². The number of nitrogens with one attached hydrogen (secondary N) is 1. The monoisotopic (exact) mass is 392 g/mol. The number of esters is 1. The van der Waals surface area contributed by atoms with Crippen LogP contribution >= 0.6 is 0 Å². The van der Waals surface area contributed by atoms with E-state index in [9.17, 15) is 19.2 Å². The van der Waals surface area contributed by atoms with Crippen molar-refractivity contribution in [3.8, 4) is 0 Å². The second-order valence-electron chi connectivity index (χ2n) is 6.71. The van der Waals surface area contributed by atoms with E-state index in [0.29, 0.717) is 5.69 Å². The van der Waals surface area contributed by atoms with Crippen LogP contribution in [0.5, 0.6) is 0 Å². The average molecular weight is 392 g/mol. The van der Waals surface area contributed by atoms with Crippen molar-refractivity contribution in [2.24, 2.45) is 0 Å². The first-order chi connectivity index (χ1) is 13.8. The van der Waals surface area contributed by atoms with Gasteiger partial charge >= 0.3 is 5.97 Å². The van der Waals surface area contributed by atoms with E-state index in [2.05, 4.69) is 11.9 Å². The molecule has 1 aliphatic rings. The third-order valence-electron chi connectivity index (χ3n) is 4.52. The highest BCUT2D eigenvalue weighted by Gasteiger charge is 2.35. The minimum Gasteiger partial charge on any atom is -0.452 e. The molecule has 1 aliphatic heterocycles. The second kappa shape index (κ2) is 8.10. The molecule has 0 atom stereocenters. The van der Waals surface area contributed by atoms with E-state index >= 15 is 0 Å². The zero-order valence-electron chi connectivity index (χ0n) is 16.2. The third-order valence-corrected chi connectivity index (χ3v) is 4.52. The molecule has 2 aromatic carbocycles. The molecule has 0 spiro atoms. The Bertz CT molecular complexity index is 1040. The standard InChI is InChI=1S/C22H20N2O5/c1-4-9-24-20(26)16-8-7-15(11-17(16)21(24)27)22(28)29-12-19(25)23-18-10-13(2)5-6-14(18)3/h4-8,10-11H,1,9,12H2,2-3H3,(H,23,25). The van der Waals surface area contributed by atoms with E-state index in [1.54, 1.807) is 0 Å². The highest BCUT2D eigenvalue weighted by Crippen LogP contribution is 2.24. The van der Waals surface area contributed by atoms with Gasteiger partial charge in [0, 0.05) is 12.2 Å². The Labute approximate surface area is 168 Å². The van der Waals surface area contributed by atoms with Gasteiger partial charge in [-0.15, -0.1) is 6.58 Å². The summed E-state index contributed by atoms with van der Waals surface area (Å²) in [5.74, 6) is -2.16. The number of carbonyl (C=O) groups is 4. The first kappa shape index (κ1) is 20.0. The Kier molecular flexibility index (Phi) is 5.59. The smallest absolute Gasteiger partial charge is 0.338 e. The largest absolute Gasteiger partial charge is 0.452 e. The lowest BCUT2D eigenvalue weighted by Gasteiger charge is -2.10. The molecule has 7 heteroatoms. The summed E-state index contributed by atoms with van der Waals surface area (Å²) in [6.07, 6.45) is 1.45. The number of carbonyl (C=O) groups excluding carboxylic acids is 4. The zero-order chi connectivity index (χ0) is 21.1. The molecule has 7 nitrogen and oxygen atoms in total. The minimum absolute atomic E-state index is 0.0879. The molecule has 3 amide bonds. The number of nitrogens with zero attached hydrogens (tertiary/aromatic N) is 1. The molecule has 0 fully saturated rings. The van der Waals surface area contributed by atoms with E-state index in [4.69, 9.17) is 4.74 Å². The molecule has 2 aromatic rings. The number of anilines is 1. The van der Waals surface area contributed by atoms with Crippen LogP contribution in [0.15, 0.2) is 49.1 Å². The Morgan fingerprint density at radius 1 is 1.07 bits per heavy atom. The number of amides is 3. The summed E-state index contributed by atoms with van der Waals surface area (Å²) < 4.78 is 5.05. The summed E-state index contributed by atoms with van der Waals surface area (Å²) in [7, 11) is 0. The van der Waals surface area contributed by atoms with Crippen LogP contribution < -0.4 is 5.32 Å². The fourth-order valence-corrected chi connectivity index (χ4v) is 2.98. The lowest BCUT2D eigenvalue weighted by atomic mass is 10.1. The van der Waals surface area contributed by atoms with Crippen molar-refractivity contribution in [2.75, 3.05) is 18.5 Å². The summed E-state index contributed by atoms with van der Waals surface area (Å²) in [6, 6.07) is 9.76. The zero-order valence-corrected chi connectivity index (χ0v) is 16.2. The van der Waals surface area contributed by atoms with Crippen molar-refractivity contribution < 1.29 is 23.9 Å². The molecule has 0 radical (unpaired) electrons. The molecule has 0 saturated carbocycles. The van der Waals surface area contributed by atoms with Crippen molar-refractivity contribution in [3.63, 3.8) is 0 Å². The lowest BCUT2D eigenvalue weighted by Crippen LogP contribution is -2.29. The van der Waals surface area contributed by atoms with E-state index in [1.165, 1.54) is 24.3 Å². The average Bonchev–Trinajstić information content (AvgIpc) is 2.93. The van der Waals surface area contributed by atoms with Crippen molar-refractivity contribution in [3.05, 3.63) is 76.9 Å². The van der Waals surface area contributed by atoms with Crippen LogP contribution in [0.1, 0.15) is 42.2 Å². The fraction of sp³-hybridized carbons (Fsp3) is 0.182. The van der Waals surface area contributed by atoms with Crippen molar-refractivity contribution in [1.29, 1.82) is 0 Å². The summed E-state index contributed by atoms with van der Waals surface area (Å²) in [4.78, 5) is 50.0. The molecule has 0 aromatic heterocycles. The number of rotatable bonds is 6. The fourth-order valence-electron chi connectivity index (χ4n) is 2.98. The predicted octanol–water partition coefficient (Wildman–Crippen LogP) is 2.88. The molecule has 0 aliphatic carbocycles. The Morgan fingerprint density at radius 2 is 1.79 bits per heavy atom. The van der Waals surface area contributed by atoms with Gasteiger partial charge in [0.1, 0.15) is 0 Å². The van der Waals surface area contributed by atoms with Crippen molar-refractivity contribution >= 4 is 29.4 Å². The molecule has 0 saturated heterocycles. The SMILES string of the molecule is C=CCN1C(=O)c2ccc(C(=O)OCC(=O)Nc3cc(C)ccc3C)cc2C1=O. The number of imide groups is 1. The maximum atomic E-state index is 12.3. The van der Waals surface area contributed by atoms with Gasteiger partial charge in [-0.05, 0) is 49.2 Å². The van der Waals surface area contributed by atoms with Gasteiger partial charge in [0.15, 0.2) is 6.61 Å². The van der Waals surface area contributed by atoms with Crippen LogP contribution in [0.4, 0.5) is 5.69 Å². The van der Waals surface area contributed by atoms with E-state index < -0.39 is 30.3 Å². The van der Waals surface area contributed by atoms with Crippen LogP contribution in [0.25, 0.3) is 0 Å². The first-order valence-corrected chi connectivity index (χ1v) is 8.97. The third kappa shape index (κ3) is 4.08. The molecule has 29 heavy (non-hydrogen) atoms. The van der Waals surface area contributed by atoms with Crippen LogP contribution in [0, 0.1) is 13.8 Å². The molecule has 3 rings (SSSR count). The summed E-state index contributed by atoms with van der Waals surface area (Å²) in [5, 5.41) is 2.70. The Morgan fingerprint density at radius 3 is 2.52 bits per heavy atom. The first-order valence-electron chi connectivity index (χ1n) is 8.97. The van der Waals surface area contributed by atoms with E-state index in [1.807, 2.05) is 32.0 Å². The summed E-state index contributed by atoms with van der Waals surface area (Å²) in [6.45, 7) is 6.91. The van der Waals surface area contributed by atoms with Crippen LogP contribution in [-0.4, -0.2) is 41.7 Å². The van der Waals surface area contributed by atoms with Gasteiger partial charge in [-0.2, -0.15) is 0 Å². The highest BCUT2D eigenvalue weighted by molar-refractivity contribution is 6.22. The van der Waals surface area contributed by atoms with Gasteiger partial charge in [0.25, 0.3) is 17.7 Å². The number of benzene rings is 2. The van der Waals surface area contributed by atoms with E-state index in [0.717, 1.165) is 16.0 Å². The van der Waals surface area contributed by atoms with Crippen LogP contribution in [0.3, 0.4) is 0 Å². The van der Waals surface area contributed by atoms with Gasteiger partial charge in [0.05, 0.1) is 16.7 Å². The molecular weight excluding hydrogens is 372 g/mol. The van der Waals surface area contributed by atoms with Gasteiger partial charge < -0.3 is 10.1 Å². The number of ether oxygens (including phenoxy) is 1. The highest BCUT2D eigenvalue weighted by atomic mass is 16.5. The van der Waals surface area contributed by atoms with Gasteiger partial charge in [-0.25, -0.2) is 4.79 Å². The number of hydrogen-bond donors (Lipinski definition) is 1. The normalized spacial score (nSPS) is 12.6. The maximum absolute atomic E-state index is 12.3. The second-order valence-corrected chi connectivity index (χ2v) is 6.71. The number of aryl methyl sites for hydroxylation is 2. The Hall–Kier alpha value is -3.74. The molecule has 1 heterocycles. The predicted molar refractivity (Wildman–Crippen MR) is 107 cm³/mol.